The van der Waals surface area contributed by atoms with E-state index in [-0.39, 0.29) is 5.57 Å². The van der Waals surface area contributed by atoms with Gasteiger partial charge in [-0.3, -0.25) is 10.1 Å². The maximum absolute atomic E-state index is 12.4. The van der Waals surface area contributed by atoms with E-state index < -0.39 is 5.91 Å². The zero-order valence-corrected chi connectivity index (χ0v) is 20.4. The van der Waals surface area contributed by atoms with E-state index in [9.17, 15) is 10.1 Å². The van der Waals surface area contributed by atoms with Crippen LogP contribution >= 0.6 is 11.3 Å². The Morgan fingerprint density at radius 2 is 1.79 bits per heavy atom. The number of hydrogen-bond acceptors (Lipinski definition) is 8. The summed E-state index contributed by atoms with van der Waals surface area (Å²) in [6.45, 7) is 8.81. The number of carbonyl (C=O) groups excluding carboxylic acids is 1. The van der Waals surface area contributed by atoms with Crippen molar-refractivity contribution in [2.45, 2.75) is 27.7 Å². The van der Waals surface area contributed by atoms with Crippen molar-refractivity contribution >= 4 is 28.5 Å². The van der Waals surface area contributed by atoms with Crippen LogP contribution in [0, 0.1) is 32.1 Å². The SMILES string of the molecule is CCOc1cc(C=C(C#N)C(=O)Nc2nnc(C)s2)ccc1OCCOc1c(C)cccc1C. The van der Waals surface area contributed by atoms with Gasteiger partial charge in [0, 0.05) is 0 Å². The maximum atomic E-state index is 12.4. The molecule has 0 fully saturated rings. The molecule has 0 unspecified atom stereocenters. The number of aromatic nitrogens is 2. The highest BCUT2D eigenvalue weighted by molar-refractivity contribution is 7.15. The van der Waals surface area contributed by atoms with Crippen molar-refractivity contribution in [1.82, 2.24) is 10.2 Å². The fraction of sp³-hybridized carbons (Fsp3) is 0.280. The van der Waals surface area contributed by atoms with Gasteiger partial charge in [0.1, 0.15) is 35.6 Å². The fourth-order valence-corrected chi connectivity index (χ4v) is 3.74. The molecular weight excluding hydrogens is 452 g/mol. The van der Waals surface area contributed by atoms with E-state index in [2.05, 4.69) is 15.5 Å². The van der Waals surface area contributed by atoms with E-state index in [0.29, 0.717) is 47.0 Å². The van der Waals surface area contributed by atoms with Gasteiger partial charge < -0.3 is 14.2 Å². The molecule has 1 aromatic heterocycles. The lowest BCUT2D eigenvalue weighted by Crippen LogP contribution is -2.13. The van der Waals surface area contributed by atoms with E-state index in [1.54, 1.807) is 25.1 Å². The summed E-state index contributed by atoms with van der Waals surface area (Å²) >= 11 is 1.23. The van der Waals surface area contributed by atoms with Crippen LogP contribution < -0.4 is 19.5 Å². The van der Waals surface area contributed by atoms with Gasteiger partial charge in [-0.1, -0.05) is 35.6 Å². The lowest BCUT2D eigenvalue weighted by Gasteiger charge is -2.15. The first kappa shape index (κ1) is 24.7. The van der Waals surface area contributed by atoms with Gasteiger partial charge in [-0.05, 0) is 62.6 Å². The molecule has 1 N–H and O–H groups in total. The van der Waals surface area contributed by atoms with Gasteiger partial charge >= 0.3 is 0 Å². The van der Waals surface area contributed by atoms with Crippen LogP contribution in [-0.2, 0) is 4.79 Å². The first-order chi connectivity index (χ1) is 16.4. The molecule has 0 spiro atoms. The molecule has 0 aliphatic heterocycles. The molecule has 8 nitrogen and oxygen atoms in total. The van der Waals surface area contributed by atoms with Crippen molar-refractivity contribution < 1.29 is 19.0 Å². The number of aryl methyl sites for hydroxylation is 3. The third-order valence-corrected chi connectivity index (χ3v) is 5.44. The summed E-state index contributed by atoms with van der Waals surface area (Å²) in [7, 11) is 0. The Morgan fingerprint density at radius 3 is 2.44 bits per heavy atom. The molecule has 0 radical (unpaired) electrons. The highest BCUT2D eigenvalue weighted by Gasteiger charge is 2.13. The third kappa shape index (κ3) is 6.56. The number of nitrogens with zero attached hydrogens (tertiary/aromatic N) is 3. The minimum atomic E-state index is -0.555. The van der Waals surface area contributed by atoms with E-state index in [0.717, 1.165) is 16.9 Å². The lowest BCUT2D eigenvalue weighted by molar-refractivity contribution is -0.112. The molecule has 0 aliphatic rings. The molecule has 1 heterocycles. The van der Waals surface area contributed by atoms with E-state index in [4.69, 9.17) is 14.2 Å². The Bertz CT molecular complexity index is 1210. The summed E-state index contributed by atoms with van der Waals surface area (Å²) < 4.78 is 17.5. The van der Waals surface area contributed by atoms with Crippen molar-refractivity contribution in [2.75, 3.05) is 25.1 Å². The number of benzene rings is 2. The van der Waals surface area contributed by atoms with Gasteiger partial charge in [-0.15, -0.1) is 10.2 Å². The number of nitriles is 1. The summed E-state index contributed by atoms with van der Waals surface area (Å²) in [5, 5.41) is 20.8. The number of nitrogens with one attached hydrogen (secondary N) is 1. The van der Waals surface area contributed by atoms with Crippen molar-refractivity contribution in [1.29, 1.82) is 5.26 Å². The van der Waals surface area contributed by atoms with Crippen LogP contribution in [0.5, 0.6) is 17.2 Å². The summed E-state index contributed by atoms with van der Waals surface area (Å²) in [5.41, 5.74) is 2.71. The second-order valence-corrected chi connectivity index (χ2v) is 8.49. The topological polar surface area (TPSA) is 106 Å². The van der Waals surface area contributed by atoms with E-state index >= 15 is 0 Å². The number of amides is 1. The summed E-state index contributed by atoms with van der Waals surface area (Å²) in [5.74, 6) is 1.38. The number of rotatable bonds is 10. The molecule has 3 rings (SSSR count). The average Bonchev–Trinajstić information content (AvgIpc) is 3.22. The highest BCUT2D eigenvalue weighted by Crippen LogP contribution is 2.30. The van der Waals surface area contributed by atoms with Crippen molar-refractivity contribution in [3.8, 4) is 23.3 Å². The molecule has 0 saturated heterocycles. The minimum Gasteiger partial charge on any atom is -0.490 e. The van der Waals surface area contributed by atoms with Crippen molar-refractivity contribution in [3.05, 3.63) is 63.7 Å². The molecule has 0 saturated carbocycles. The van der Waals surface area contributed by atoms with Crippen molar-refractivity contribution in [3.63, 3.8) is 0 Å². The largest absolute Gasteiger partial charge is 0.490 e. The fourth-order valence-electron chi connectivity index (χ4n) is 3.15. The number of hydrogen-bond donors (Lipinski definition) is 1. The highest BCUT2D eigenvalue weighted by atomic mass is 32.1. The molecule has 3 aromatic rings. The molecule has 0 atom stereocenters. The lowest BCUT2D eigenvalue weighted by atomic mass is 10.1. The smallest absolute Gasteiger partial charge is 0.268 e. The van der Waals surface area contributed by atoms with E-state index in [1.165, 1.54) is 17.4 Å². The Hall–Kier alpha value is -3.90. The third-order valence-electron chi connectivity index (χ3n) is 4.69. The quantitative estimate of drug-likeness (QED) is 0.252. The van der Waals surface area contributed by atoms with Gasteiger partial charge in [0.15, 0.2) is 11.5 Å². The zero-order valence-electron chi connectivity index (χ0n) is 19.5. The average molecular weight is 479 g/mol. The van der Waals surface area contributed by atoms with Crippen molar-refractivity contribution in [2.24, 2.45) is 0 Å². The molecular formula is C25H26N4O4S. The monoisotopic (exact) mass is 478 g/mol. The predicted octanol–water partition coefficient (Wildman–Crippen LogP) is 4.87. The molecule has 34 heavy (non-hydrogen) atoms. The molecule has 1 amide bonds. The second-order valence-electron chi connectivity index (χ2n) is 7.31. The Morgan fingerprint density at radius 1 is 1.06 bits per heavy atom. The van der Waals surface area contributed by atoms with E-state index in [1.807, 2.05) is 45.0 Å². The first-order valence-electron chi connectivity index (χ1n) is 10.7. The predicted molar refractivity (Wildman–Crippen MR) is 131 cm³/mol. The summed E-state index contributed by atoms with van der Waals surface area (Å²) in [4.78, 5) is 12.4. The standard InChI is InChI=1S/C25H26N4O4S/c1-5-31-22-14-19(13-20(15-26)24(30)27-25-29-28-18(4)34-25)9-10-21(22)32-11-12-33-23-16(2)7-6-8-17(23)3/h6-10,13-14H,5,11-12H2,1-4H3,(H,27,29,30). The Labute approximate surface area is 202 Å². The molecule has 9 heteroatoms. The molecule has 176 valence electrons. The van der Waals surface area contributed by atoms with Gasteiger partial charge in [-0.2, -0.15) is 5.26 Å². The van der Waals surface area contributed by atoms with Gasteiger partial charge in [-0.25, -0.2) is 0 Å². The summed E-state index contributed by atoms with van der Waals surface area (Å²) in [6, 6.07) is 13.2. The van der Waals surface area contributed by atoms with Crippen LogP contribution in [0.4, 0.5) is 5.13 Å². The summed E-state index contributed by atoms with van der Waals surface area (Å²) in [6.07, 6.45) is 1.49. The van der Waals surface area contributed by atoms with Crippen LogP contribution in [-0.4, -0.2) is 35.9 Å². The van der Waals surface area contributed by atoms with Crippen LogP contribution in [0.15, 0.2) is 42.0 Å². The minimum absolute atomic E-state index is 0.0639. The Balaban J connectivity index is 1.67. The maximum Gasteiger partial charge on any atom is 0.268 e. The van der Waals surface area contributed by atoms with Gasteiger partial charge in [0.2, 0.25) is 5.13 Å². The van der Waals surface area contributed by atoms with Crippen LogP contribution in [0.25, 0.3) is 6.08 Å². The van der Waals surface area contributed by atoms with Crippen LogP contribution in [0.1, 0.15) is 28.6 Å². The Kier molecular flexibility index (Phi) is 8.60. The van der Waals surface area contributed by atoms with Crippen LogP contribution in [0.2, 0.25) is 0 Å². The molecule has 2 aromatic carbocycles. The van der Waals surface area contributed by atoms with Gasteiger partial charge in [0.05, 0.1) is 6.61 Å². The molecule has 0 aliphatic carbocycles. The first-order valence-corrected chi connectivity index (χ1v) is 11.5. The zero-order chi connectivity index (χ0) is 24.5. The number of ether oxygens (including phenoxy) is 3. The second kappa shape index (κ2) is 11.8. The van der Waals surface area contributed by atoms with Gasteiger partial charge in [0.25, 0.3) is 5.91 Å². The normalized spacial score (nSPS) is 11.0. The van der Waals surface area contributed by atoms with Crippen LogP contribution in [0.3, 0.4) is 0 Å². The number of para-hydroxylation sites is 1. The number of anilines is 1. The molecule has 0 bridgehead atoms. The number of carbonyl (C=O) groups is 1.